The molecule has 5 nitrogen and oxygen atoms in total. The lowest BCUT2D eigenvalue weighted by Crippen LogP contribution is -2.32. The zero-order valence-corrected chi connectivity index (χ0v) is 15.7. The van der Waals surface area contributed by atoms with E-state index in [-0.39, 0.29) is 5.82 Å². The quantitative estimate of drug-likeness (QED) is 0.733. The predicted octanol–water partition coefficient (Wildman–Crippen LogP) is 4.15. The van der Waals surface area contributed by atoms with Gasteiger partial charge < -0.3 is 10.2 Å². The maximum absolute atomic E-state index is 14.0. The van der Waals surface area contributed by atoms with E-state index in [9.17, 15) is 4.39 Å². The van der Waals surface area contributed by atoms with E-state index >= 15 is 0 Å². The number of fused-ring (bicyclic) bond motifs is 1. The standard InChI is InChI=1S/C20H19ClFN5/c1-13-2-5-19(23-9-13)27-7-6-18-16(11-27)20(26-12-25-18)24-10-14-8-15(21)3-4-17(14)22/h2-5,8-9,12H,6-7,10-11H2,1H3,(H,24,25,26). The van der Waals surface area contributed by atoms with Crippen molar-refractivity contribution in [3.8, 4) is 0 Å². The van der Waals surface area contributed by atoms with E-state index in [1.165, 1.54) is 6.07 Å². The van der Waals surface area contributed by atoms with Crippen LogP contribution in [0.1, 0.15) is 22.4 Å². The summed E-state index contributed by atoms with van der Waals surface area (Å²) in [5, 5.41) is 3.75. The van der Waals surface area contributed by atoms with E-state index in [4.69, 9.17) is 11.6 Å². The summed E-state index contributed by atoms with van der Waals surface area (Å²) in [4.78, 5) is 15.5. The van der Waals surface area contributed by atoms with Gasteiger partial charge in [0, 0.05) is 48.4 Å². The van der Waals surface area contributed by atoms with Gasteiger partial charge in [-0.2, -0.15) is 0 Å². The van der Waals surface area contributed by atoms with Gasteiger partial charge in [-0.1, -0.05) is 17.7 Å². The highest BCUT2D eigenvalue weighted by molar-refractivity contribution is 6.30. The fraction of sp³-hybridized carbons (Fsp3) is 0.250. The van der Waals surface area contributed by atoms with Crippen molar-refractivity contribution in [2.24, 2.45) is 0 Å². The minimum atomic E-state index is -0.291. The number of aromatic nitrogens is 3. The Morgan fingerprint density at radius 1 is 1.19 bits per heavy atom. The lowest BCUT2D eigenvalue weighted by atomic mass is 10.1. The molecule has 7 heteroatoms. The Morgan fingerprint density at radius 3 is 2.89 bits per heavy atom. The number of nitrogens with zero attached hydrogens (tertiary/aromatic N) is 4. The molecule has 0 spiro atoms. The second-order valence-corrected chi connectivity index (χ2v) is 7.04. The number of halogens is 2. The molecule has 2 aromatic heterocycles. The minimum absolute atomic E-state index is 0.291. The summed E-state index contributed by atoms with van der Waals surface area (Å²) in [5.74, 6) is 1.36. The summed E-state index contributed by atoms with van der Waals surface area (Å²) in [7, 11) is 0. The molecule has 0 fully saturated rings. The molecular weight excluding hydrogens is 365 g/mol. The molecule has 4 rings (SSSR count). The predicted molar refractivity (Wildman–Crippen MR) is 104 cm³/mol. The minimum Gasteiger partial charge on any atom is -0.365 e. The van der Waals surface area contributed by atoms with Gasteiger partial charge >= 0.3 is 0 Å². The molecular formula is C20H19ClFN5. The van der Waals surface area contributed by atoms with Gasteiger partial charge in [0.25, 0.3) is 0 Å². The summed E-state index contributed by atoms with van der Waals surface area (Å²) < 4.78 is 14.0. The first-order chi connectivity index (χ1) is 13.1. The van der Waals surface area contributed by atoms with E-state index in [2.05, 4.69) is 31.2 Å². The van der Waals surface area contributed by atoms with Crippen LogP contribution in [0, 0.1) is 12.7 Å². The van der Waals surface area contributed by atoms with Crippen LogP contribution in [0.2, 0.25) is 5.02 Å². The third-order valence-electron chi connectivity index (χ3n) is 4.68. The molecule has 138 valence electrons. The first-order valence-electron chi connectivity index (χ1n) is 8.78. The van der Waals surface area contributed by atoms with Gasteiger partial charge in [0.15, 0.2) is 0 Å². The molecule has 0 bridgehead atoms. The van der Waals surface area contributed by atoms with Crippen molar-refractivity contribution >= 4 is 23.2 Å². The number of nitrogens with one attached hydrogen (secondary N) is 1. The van der Waals surface area contributed by atoms with E-state index < -0.39 is 0 Å². The smallest absolute Gasteiger partial charge is 0.134 e. The number of aryl methyl sites for hydroxylation is 1. The van der Waals surface area contributed by atoms with Crippen molar-refractivity contribution < 1.29 is 4.39 Å². The maximum Gasteiger partial charge on any atom is 0.134 e. The molecule has 27 heavy (non-hydrogen) atoms. The largest absolute Gasteiger partial charge is 0.365 e. The monoisotopic (exact) mass is 383 g/mol. The summed E-state index contributed by atoms with van der Waals surface area (Å²) in [6, 6.07) is 8.62. The molecule has 1 N–H and O–H groups in total. The topological polar surface area (TPSA) is 53.9 Å². The Morgan fingerprint density at radius 2 is 2.07 bits per heavy atom. The van der Waals surface area contributed by atoms with Crippen LogP contribution in [0.25, 0.3) is 0 Å². The summed E-state index contributed by atoms with van der Waals surface area (Å²) in [6.07, 6.45) is 4.23. The van der Waals surface area contributed by atoms with Crippen molar-refractivity contribution in [1.29, 1.82) is 0 Å². The van der Waals surface area contributed by atoms with Crippen LogP contribution < -0.4 is 10.2 Å². The highest BCUT2D eigenvalue weighted by Gasteiger charge is 2.22. The van der Waals surface area contributed by atoms with Crippen LogP contribution in [-0.4, -0.2) is 21.5 Å². The second kappa shape index (κ2) is 7.48. The molecule has 0 radical (unpaired) electrons. The van der Waals surface area contributed by atoms with Gasteiger partial charge in [-0.25, -0.2) is 19.3 Å². The highest BCUT2D eigenvalue weighted by Crippen LogP contribution is 2.26. The average molecular weight is 384 g/mol. The Hall–Kier alpha value is -2.73. The van der Waals surface area contributed by atoms with Crippen molar-refractivity contribution in [1.82, 2.24) is 15.0 Å². The molecule has 1 aliphatic rings. The molecule has 0 saturated carbocycles. The maximum atomic E-state index is 14.0. The van der Waals surface area contributed by atoms with Crippen LogP contribution in [-0.2, 0) is 19.5 Å². The molecule has 0 saturated heterocycles. The lowest BCUT2D eigenvalue weighted by molar-refractivity contribution is 0.612. The van der Waals surface area contributed by atoms with E-state index in [1.807, 2.05) is 19.2 Å². The first-order valence-corrected chi connectivity index (χ1v) is 9.16. The normalized spacial score (nSPS) is 13.4. The molecule has 0 amide bonds. The van der Waals surface area contributed by atoms with E-state index in [0.29, 0.717) is 23.7 Å². The van der Waals surface area contributed by atoms with Crippen LogP contribution in [0.5, 0.6) is 0 Å². The summed E-state index contributed by atoms with van der Waals surface area (Å²) >= 11 is 5.98. The Balaban J connectivity index is 1.56. The van der Waals surface area contributed by atoms with Crippen LogP contribution in [0.3, 0.4) is 0 Å². The third-order valence-corrected chi connectivity index (χ3v) is 4.91. The van der Waals surface area contributed by atoms with Crippen molar-refractivity contribution in [3.63, 3.8) is 0 Å². The van der Waals surface area contributed by atoms with E-state index in [0.717, 1.165) is 41.4 Å². The zero-order valence-electron chi connectivity index (χ0n) is 14.9. The third kappa shape index (κ3) is 3.85. The Labute approximate surface area is 162 Å². The van der Waals surface area contributed by atoms with Crippen LogP contribution >= 0.6 is 11.6 Å². The van der Waals surface area contributed by atoms with Crippen molar-refractivity contribution in [3.05, 3.63) is 76.1 Å². The van der Waals surface area contributed by atoms with Gasteiger partial charge in [0.1, 0.15) is 23.8 Å². The van der Waals surface area contributed by atoms with Crippen LogP contribution in [0.4, 0.5) is 16.0 Å². The molecule has 0 atom stereocenters. The number of pyridine rings is 1. The van der Waals surface area contributed by atoms with Gasteiger partial charge in [-0.15, -0.1) is 0 Å². The lowest BCUT2D eigenvalue weighted by Gasteiger charge is -2.30. The number of hydrogen-bond donors (Lipinski definition) is 1. The molecule has 3 heterocycles. The Bertz CT molecular complexity index is 961. The van der Waals surface area contributed by atoms with E-state index in [1.54, 1.807) is 18.5 Å². The SMILES string of the molecule is Cc1ccc(N2CCc3ncnc(NCc4cc(Cl)ccc4F)c3C2)nc1. The van der Waals surface area contributed by atoms with Crippen molar-refractivity contribution in [2.45, 2.75) is 26.4 Å². The van der Waals surface area contributed by atoms with Gasteiger partial charge in [0.05, 0.1) is 5.69 Å². The number of anilines is 2. The fourth-order valence-electron chi connectivity index (χ4n) is 3.19. The number of hydrogen-bond acceptors (Lipinski definition) is 5. The average Bonchev–Trinajstić information content (AvgIpc) is 2.69. The van der Waals surface area contributed by atoms with Gasteiger partial charge in [0.2, 0.25) is 0 Å². The summed E-state index contributed by atoms with van der Waals surface area (Å²) in [6.45, 7) is 3.83. The zero-order chi connectivity index (χ0) is 18.8. The highest BCUT2D eigenvalue weighted by atomic mass is 35.5. The van der Waals surface area contributed by atoms with Gasteiger partial charge in [-0.05, 0) is 36.8 Å². The molecule has 1 aliphatic heterocycles. The Kier molecular flexibility index (Phi) is 4.90. The molecule has 1 aromatic carbocycles. The van der Waals surface area contributed by atoms with Crippen LogP contribution in [0.15, 0.2) is 42.9 Å². The summed E-state index contributed by atoms with van der Waals surface area (Å²) in [5.41, 5.74) is 3.67. The molecule has 0 aliphatic carbocycles. The number of rotatable bonds is 4. The molecule has 3 aromatic rings. The van der Waals surface area contributed by atoms with Crippen molar-refractivity contribution in [2.75, 3.05) is 16.8 Å². The second-order valence-electron chi connectivity index (χ2n) is 6.60. The fourth-order valence-corrected chi connectivity index (χ4v) is 3.39. The first kappa shape index (κ1) is 17.7. The van der Waals surface area contributed by atoms with Gasteiger partial charge in [-0.3, -0.25) is 0 Å². The molecule has 0 unspecified atom stereocenters. The number of benzene rings is 1.